The fourth-order valence-electron chi connectivity index (χ4n) is 2.71. The first-order valence-electron chi connectivity index (χ1n) is 7.63. The van der Waals surface area contributed by atoms with Crippen LogP contribution in [0.3, 0.4) is 0 Å². The van der Waals surface area contributed by atoms with E-state index >= 15 is 0 Å². The standard InChI is InChI=1S/C17H27NO2/c1-5-18-15-10-9-14-13(15)7-6-8-16(14)19-11-12-20-17(2,3)4/h6-8,15,18H,5,9-12H2,1-4H3. The van der Waals surface area contributed by atoms with Gasteiger partial charge in [0.15, 0.2) is 0 Å². The molecule has 20 heavy (non-hydrogen) atoms. The molecule has 3 nitrogen and oxygen atoms in total. The first-order valence-corrected chi connectivity index (χ1v) is 7.63. The lowest BCUT2D eigenvalue weighted by atomic mass is 10.1. The summed E-state index contributed by atoms with van der Waals surface area (Å²) < 4.78 is 11.6. The third-order valence-corrected chi connectivity index (χ3v) is 3.55. The van der Waals surface area contributed by atoms with Crippen molar-refractivity contribution in [2.75, 3.05) is 19.8 Å². The second-order valence-corrected chi connectivity index (χ2v) is 6.28. The molecular formula is C17H27NO2. The summed E-state index contributed by atoms with van der Waals surface area (Å²) in [4.78, 5) is 0. The zero-order valence-electron chi connectivity index (χ0n) is 13.2. The average Bonchev–Trinajstić information content (AvgIpc) is 2.78. The van der Waals surface area contributed by atoms with E-state index in [-0.39, 0.29) is 5.60 Å². The monoisotopic (exact) mass is 277 g/mol. The molecule has 0 aromatic heterocycles. The predicted molar refractivity (Wildman–Crippen MR) is 82.4 cm³/mol. The van der Waals surface area contributed by atoms with Gasteiger partial charge in [-0.2, -0.15) is 0 Å². The summed E-state index contributed by atoms with van der Waals surface area (Å²) in [6.45, 7) is 10.6. The summed E-state index contributed by atoms with van der Waals surface area (Å²) in [5.74, 6) is 1.03. The van der Waals surface area contributed by atoms with Gasteiger partial charge >= 0.3 is 0 Å². The molecule has 0 radical (unpaired) electrons. The van der Waals surface area contributed by atoms with E-state index in [0.717, 1.165) is 18.7 Å². The van der Waals surface area contributed by atoms with Gasteiger partial charge in [-0.15, -0.1) is 0 Å². The number of rotatable bonds is 6. The van der Waals surface area contributed by atoms with Crippen molar-refractivity contribution < 1.29 is 9.47 Å². The van der Waals surface area contributed by atoms with Gasteiger partial charge in [0.05, 0.1) is 12.2 Å². The van der Waals surface area contributed by atoms with Gasteiger partial charge in [0.1, 0.15) is 12.4 Å². The molecule has 112 valence electrons. The summed E-state index contributed by atoms with van der Waals surface area (Å²) in [5, 5.41) is 3.53. The number of hydrogen-bond donors (Lipinski definition) is 1. The fraction of sp³-hybridized carbons (Fsp3) is 0.647. The average molecular weight is 277 g/mol. The van der Waals surface area contributed by atoms with Crippen molar-refractivity contribution in [3.8, 4) is 5.75 Å². The lowest BCUT2D eigenvalue weighted by Gasteiger charge is -2.20. The molecule has 1 atom stereocenters. The maximum Gasteiger partial charge on any atom is 0.122 e. The minimum Gasteiger partial charge on any atom is -0.491 e. The Morgan fingerprint density at radius 1 is 1.25 bits per heavy atom. The molecule has 1 aliphatic carbocycles. The minimum absolute atomic E-state index is 0.0991. The van der Waals surface area contributed by atoms with Crippen molar-refractivity contribution in [2.24, 2.45) is 0 Å². The highest BCUT2D eigenvalue weighted by Gasteiger charge is 2.24. The van der Waals surface area contributed by atoms with Crippen molar-refractivity contribution in [3.05, 3.63) is 29.3 Å². The number of benzene rings is 1. The largest absolute Gasteiger partial charge is 0.491 e. The van der Waals surface area contributed by atoms with Gasteiger partial charge in [0, 0.05) is 6.04 Å². The van der Waals surface area contributed by atoms with Gasteiger partial charge < -0.3 is 14.8 Å². The molecule has 0 heterocycles. The smallest absolute Gasteiger partial charge is 0.122 e. The molecule has 2 rings (SSSR count). The van der Waals surface area contributed by atoms with Crippen LogP contribution in [0.2, 0.25) is 0 Å². The minimum atomic E-state index is -0.0991. The predicted octanol–water partition coefficient (Wildman–Crippen LogP) is 3.48. The first-order chi connectivity index (χ1) is 9.51. The Morgan fingerprint density at radius 3 is 2.75 bits per heavy atom. The Bertz CT molecular complexity index is 437. The van der Waals surface area contributed by atoms with Crippen molar-refractivity contribution in [3.63, 3.8) is 0 Å². The molecule has 3 heteroatoms. The summed E-state index contributed by atoms with van der Waals surface area (Å²) in [6, 6.07) is 6.87. The Morgan fingerprint density at radius 2 is 2.05 bits per heavy atom. The van der Waals surface area contributed by atoms with Gasteiger partial charge in [-0.05, 0) is 57.4 Å². The number of fused-ring (bicyclic) bond motifs is 1. The van der Waals surface area contributed by atoms with Crippen LogP contribution in [0.1, 0.15) is 51.3 Å². The van der Waals surface area contributed by atoms with Crippen molar-refractivity contribution in [1.82, 2.24) is 5.32 Å². The van der Waals surface area contributed by atoms with Gasteiger partial charge in [-0.3, -0.25) is 0 Å². The van der Waals surface area contributed by atoms with Crippen molar-refractivity contribution in [2.45, 2.75) is 52.2 Å². The Labute approximate surface area is 122 Å². The molecule has 0 bridgehead atoms. The van der Waals surface area contributed by atoms with E-state index in [9.17, 15) is 0 Å². The maximum atomic E-state index is 5.92. The summed E-state index contributed by atoms with van der Waals surface area (Å²) in [5.41, 5.74) is 2.67. The van der Waals surface area contributed by atoms with E-state index in [2.05, 4.69) is 51.2 Å². The maximum absolute atomic E-state index is 5.92. The number of ether oxygens (including phenoxy) is 2. The number of hydrogen-bond acceptors (Lipinski definition) is 3. The molecule has 1 aromatic rings. The summed E-state index contributed by atoms with van der Waals surface area (Å²) in [6.07, 6.45) is 2.27. The van der Waals surface area contributed by atoms with Gasteiger partial charge in [0.2, 0.25) is 0 Å². The lowest BCUT2D eigenvalue weighted by molar-refractivity contribution is -0.0163. The van der Waals surface area contributed by atoms with Gasteiger partial charge in [-0.25, -0.2) is 0 Å². The van der Waals surface area contributed by atoms with E-state index in [0.29, 0.717) is 19.3 Å². The van der Waals surface area contributed by atoms with E-state index in [1.165, 1.54) is 17.5 Å². The van der Waals surface area contributed by atoms with Crippen LogP contribution >= 0.6 is 0 Å². The molecule has 1 aliphatic rings. The second-order valence-electron chi connectivity index (χ2n) is 6.28. The van der Waals surface area contributed by atoms with Crippen LogP contribution in [0, 0.1) is 0 Å². The van der Waals surface area contributed by atoms with E-state index in [1.807, 2.05) is 0 Å². The summed E-state index contributed by atoms with van der Waals surface area (Å²) in [7, 11) is 0. The quantitative estimate of drug-likeness (QED) is 0.808. The van der Waals surface area contributed by atoms with Crippen LogP contribution in [0.4, 0.5) is 0 Å². The normalized spacial score (nSPS) is 18.1. The molecule has 1 N–H and O–H groups in total. The van der Waals surface area contributed by atoms with Crippen LogP contribution in [0.5, 0.6) is 5.75 Å². The molecule has 0 spiro atoms. The molecule has 1 aromatic carbocycles. The third kappa shape index (κ3) is 3.97. The fourth-order valence-corrected chi connectivity index (χ4v) is 2.71. The zero-order valence-corrected chi connectivity index (χ0v) is 13.2. The molecule has 0 saturated carbocycles. The van der Waals surface area contributed by atoms with Crippen LogP contribution in [0.15, 0.2) is 18.2 Å². The van der Waals surface area contributed by atoms with Gasteiger partial charge in [-0.1, -0.05) is 19.1 Å². The Hall–Kier alpha value is -1.06. The molecule has 0 amide bonds. The Balaban J connectivity index is 1.93. The summed E-state index contributed by atoms with van der Waals surface area (Å²) >= 11 is 0. The lowest BCUT2D eigenvalue weighted by Crippen LogP contribution is -2.22. The highest BCUT2D eigenvalue weighted by molar-refractivity contribution is 5.45. The number of nitrogens with one attached hydrogen (secondary N) is 1. The van der Waals surface area contributed by atoms with E-state index < -0.39 is 0 Å². The highest BCUT2D eigenvalue weighted by atomic mass is 16.5. The highest BCUT2D eigenvalue weighted by Crippen LogP contribution is 2.36. The first kappa shape index (κ1) is 15.3. The molecule has 0 aliphatic heterocycles. The van der Waals surface area contributed by atoms with E-state index in [1.54, 1.807) is 0 Å². The molecule has 0 fully saturated rings. The second kappa shape index (κ2) is 6.59. The van der Waals surface area contributed by atoms with E-state index in [4.69, 9.17) is 9.47 Å². The third-order valence-electron chi connectivity index (χ3n) is 3.55. The molecular weight excluding hydrogens is 250 g/mol. The molecule has 0 saturated heterocycles. The van der Waals surface area contributed by atoms with Crippen LogP contribution in [0.25, 0.3) is 0 Å². The van der Waals surface area contributed by atoms with Crippen LogP contribution in [-0.2, 0) is 11.2 Å². The van der Waals surface area contributed by atoms with Crippen LogP contribution < -0.4 is 10.1 Å². The van der Waals surface area contributed by atoms with Gasteiger partial charge in [0.25, 0.3) is 0 Å². The topological polar surface area (TPSA) is 30.5 Å². The van der Waals surface area contributed by atoms with Crippen LogP contribution in [-0.4, -0.2) is 25.4 Å². The Kier molecular flexibility index (Phi) is 5.06. The SMILES string of the molecule is CCNC1CCc2c(OCCOC(C)(C)C)cccc21. The zero-order chi connectivity index (χ0) is 14.6. The molecule has 1 unspecified atom stereocenters. The van der Waals surface area contributed by atoms with Crippen molar-refractivity contribution in [1.29, 1.82) is 0 Å². The van der Waals surface area contributed by atoms with Crippen molar-refractivity contribution >= 4 is 0 Å².